The summed E-state index contributed by atoms with van der Waals surface area (Å²) in [5.41, 5.74) is 2.18. The summed E-state index contributed by atoms with van der Waals surface area (Å²) in [6.07, 6.45) is 5.13. The van der Waals surface area contributed by atoms with Crippen molar-refractivity contribution in [3.8, 4) is 0 Å². The van der Waals surface area contributed by atoms with Gasteiger partial charge in [-0.1, -0.05) is 61.4 Å². The van der Waals surface area contributed by atoms with Crippen LogP contribution in [0.1, 0.15) is 42.6 Å². The number of amides is 3. The van der Waals surface area contributed by atoms with Crippen LogP contribution in [0.2, 0.25) is 5.02 Å². The number of carbonyl (C=O) groups excluding carboxylic acids is 4. The summed E-state index contributed by atoms with van der Waals surface area (Å²) in [7, 11) is 0. The van der Waals surface area contributed by atoms with E-state index in [-0.39, 0.29) is 22.1 Å². The van der Waals surface area contributed by atoms with Gasteiger partial charge in [0.05, 0.1) is 22.1 Å². The Morgan fingerprint density at radius 3 is 2.60 bits per heavy atom. The van der Waals surface area contributed by atoms with E-state index in [9.17, 15) is 19.2 Å². The monoisotopic (exact) mass is 512 g/mol. The zero-order chi connectivity index (χ0) is 25.4. The van der Waals surface area contributed by atoms with Gasteiger partial charge in [0, 0.05) is 5.69 Å². The van der Waals surface area contributed by atoms with Gasteiger partial charge in [-0.3, -0.25) is 19.3 Å². The summed E-state index contributed by atoms with van der Waals surface area (Å²) in [4.78, 5) is 51.1. The van der Waals surface area contributed by atoms with E-state index in [1.165, 1.54) is 18.2 Å². The number of esters is 1. The normalized spacial score (nSPS) is 15.0. The lowest BCUT2D eigenvalue weighted by atomic mass is 10.1. The highest BCUT2D eigenvalue weighted by atomic mass is 35.5. The predicted octanol–water partition coefficient (Wildman–Crippen LogP) is 5.92. The number of carbonyl (C=O) groups is 4. The average molecular weight is 513 g/mol. The number of nitrogens with one attached hydrogen (secondary N) is 1. The van der Waals surface area contributed by atoms with Crippen molar-refractivity contribution in [3.05, 3.63) is 81.2 Å². The minimum Gasteiger partial charge on any atom is -0.462 e. The van der Waals surface area contributed by atoms with E-state index in [1.807, 2.05) is 50.3 Å². The molecule has 1 heterocycles. The van der Waals surface area contributed by atoms with Crippen LogP contribution in [0.3, 0.4) is 0 Å². The molecule has 0 atom stereocenters. The fraction of sp³-hybridized carbons (Fsp3) is 0.231. The van der Waals surface area contributed by atoms with Gasteiger partial charge >= 0.3 is 5.97 Å². The van der Waals surface area contributed by atoms with E-state index in [0.717, 1.165) is 40.6 Å². The van der Waals surface area contributed by atoms with E-state index in [4.69, 9.17) is 16.3 Å². The summed E-state index contributed by atoms with van der Waals surface area (Å²) in [6.45, 7) is 3.63. The molecule has 0 radical (unpaired) electrons. The number of ether oxygens (including phenoxy) is 1. The zero-order valence-electron chi connectivity index (χ0n) is 19.4. The first-order valence-corrected chi connectivity index (χ1v) is 12.2. The van der Waals surface area contributed by atoms with Gasteiger partial charge in [0.15, 0.2) is 0 Å². The second-order valence-corrected chi connectivity index (χ2v) is 9.20. The SMILES string of the molecule is CCCCOC(=O)c1cc(NC(=O)CN2C(=O)S/C(=C/C(C)=C/c3ccccc3)C2=O)ccc1Cl. The molecule has 1 N–H and O–H groups in total. The lowest BCUT2D eigenvalue weighted by molar-refractivity contribution is -0.127. The van der Waals surface area contributed by atoms with Crippen molar-refractivity contribution in [2.45, 2.75) is 26.7 Å². The summed E-state index contributed by atoms with van der Waals surface area (Å²) in [5.74, 6) is -1.71. The van der Waals surface area contributed by atoms with Gasteiger partial charge < -0.3 is 10.1 Å². The lowest BCUT2D eigenvalue weighted by Gasteiger charge is -2.13. The first-order chi connectivity index (χ1) is 16.8. The number of hydrogen-bond donors (Lipinski definition) is 1. The summed E-state index contributed by atoms with van der Waals surface area (Å²) in [5, 5.41) is 2.26. The van der Waals surface area contributed by atoms with Crippen molar-refractivity contribution in [1.82, 2.24) is 4.90 Å². The molecule has 0 unspecified atom stereocenters. The number of unbranched alkanes of at least 4 members (excludes halogenated alkanes) is 1. The fourth-order valence-corrected chi connectivity index (χ4v) is 4.27. The minimum absolute atomic E-state index is 0.121. The Balaban J connectivity index is 1.64. The largest absolute Gasteiger partial charge is 0.462 e. The Morgan fingerprint density at radius 1 is 1.14 bits per heavy atom. The van der Waals surface area contributed by atoms with Crippen LogP contribution in [-0.4, -0.2) is 41.1 Å². The van der Waals surface area contributed by atoms with Gasteiger partial charge in [0.25, 0.3) is 11.1 Å². The Kier molecular flexibility index (Phi) is 9.28. The first-order valence-electron chi connectivity index (χ1n) is 11.0. The molecule has 1 saturated heterocycles. The van der Waals surface area contributed by atoms with E-state index < -0.39 is 29.6 Å². The number of hydrogen-bond acceptors (Lipinski definition) is 6. The maximum Gasteiger partial charge on any atom is 0.339 e. The van der Waals surface area contributed by atoms with E-state index in [0.29, 0.717) is 5.69 Å². The molecular weight excluding hydrogens is 488 g/mol. The van der Waals surface area contributed by atoms with Gasteiger partial charge in [-0.15, -0.1) is 0 Å². The van der Waals surface area contributed by atoms with Crippen LogP contribution >= 0.6 is 23.4 Å². The third-order valence-electron chi connectivity index (χ3n) is 4.93. The number of nitrogens with zero attached hydrogens (tertiary/aromatic N) is 1. The fourth-order valence-electron chi connectivity index (χ4n) is 3.19. The highest BCUT2D eigenvalue weighted by Crippen LogP contribution is 2.31. The van der Waals surface area contributed by atoms with E-state index in [2.05, 4.69) is 5.32 Å². The number of thioether (sulfide) groups is 1. The van der Waals surface area contributed by atoms with Crippen LogP contribution in [0.5, 0.6) is 0 Å². The number of halogens is 1. The smallest absolute Gasteiger partial charge is 0.339 e. The van der Waals surface area contributed by atoms with Gasteiger partial charge in [-0.05, 0) is 60.5 Å². The number of anilines is 1. The molecule has 7 nitrogen and oxygen atoms in total. The maximum absolute atomic E-state index is 12.7. The van der Waals surface area contributed by atoms with Crippen molar-refractivity contribution < 1.29 is 23.9 Å². The molecule has 3 amide bonds. The van der Waals surface area contributed by atoms with Crippen molar-refractivity contribution in [2.75, 3.05) is 18.5 Å². The molecule has 2 aromatic rings. The molecule has 0 aromatic heterocycles. The predicted molar refractivity (Wildman–Crippen MR) is 138 cm³/mol. The van der Waals surface area contributed by atoms with Crippen LogP contribution in [0.4, 0.5) is 10.5 Å². The van der Waals surface area contributed by atoms with Crippen LogP contribution in [0.25, 0.3) is 6.08 Å². The second-order valence-electron chi connectivity index (χ2n) is 7.80. The molecule has 0 spiro atoms. The van der Waals surface area contributed by atoms with Crippen LogP contribution in [0, 0.1) is 0 Å². The average Bonchev–Trinajstić information content (AvgIpc) is 3.08. The van der Waals surface area contributed by atoms with Gasteiger partial charge in [0.1, 0.15) is 6.54 Å². The van der Waals surface area contributed by atoms with Crippen molar-refractivity contribution in [2.24, 2.45) is 0 Å². The summed E-state index contributed by atoms with van der Waals surface area (Å²) >= 11 is 6.89. The van der Waals surface area contributed by atoms with E-state index >= 15 is 0 Å². The number of allylic oxidation sites excluding steroid dienone is 2. The molecule has 9 heteroatoms. The van der Waals surface area contributed by atoms with Gasteiger partial charge in [-0.2, -0.15) is 0 Å². The first kappa shape index (κ1) is 26.2. The quantitative estimate of drug-likeness (QED) is 0.255. The molecule has 0 aliphatic carbocycles. The van der Waals surface area contributed by atoms with Gasteiger partial charge in [-0.25, -0.2) is 4.79 Å². The zero-order valence-corrected chi connectivity index (χ0v) is 20.9. The molecule has 1 aliphatic heterocycles. The minimum atomic E-state index is -0.588. The van der Waals surface area contributed by atoms with Crippen molar-refractivity contribution in [3.63, 3.8) is 0 Å². The molecule has 182 valence electrons. The highest BCUT2D eigenvalue weighted by Gasteiger charge is 2.36. The molecule has 3 rings (SSSR count). The molecular formula is C26H25ClN2O5S. The third-order valence-corrected chi connectivity index (χ3v) is 6.17. The second kappa shape index (κ2) is 12.4. The Morgan fingerprint density at radius 2 is 1.89 bits per heavy atom. The van der Waals surface area contributed by atoms with Crippen LogP contribution in [0.15, 0.2) is 65.1 Å². The third kappa shape index (κ3) is 7.31. The molecule has 1 aliphatic rings. The number of benzene rings is 2. The summed E-state index contributed by atoms with van der Waals surface area (Å²) in [6, 6.07) is 14.0. The molecule has 1 fully saturated rings. The molecule has 35 heavy (non-hydrogen) atoms. The molecule has 2 aromatic carbocycles. The Labute approximate surface area is 213 Å². The van der Waals surface area contributed by atoms with Crippen molar-refractivity contribution >= 4 is 58.1 Å². The number of rotatable bonds is 9. The number of imide groups is 1. The van der Waals surface area contributed by atoms with E-state index in [1.54, 1.807) is 6.08 Å². The Bertz CT molecular complexity index is 1190. The van der Waals surface area contributed by atoms with Crippen molar-refractivity contribution in [1.29, 1.82) is 0 Å². The van der Waals surface area contributed by atoms with Crippen LogP contribution < -0.4 is 5.32 Å². The molecule has 0 saturated carbocycles. The summed E-state index contributed by atoms with van der Waals surface area (Å²) < 4.78 is 5.18. The standard InChI is InChI=1S/C26H25ClN2O5S/c1-3-4-12-34-25(32)20-15-19(10-11-21(20)27)28-23(30)16-29-24(31)22(35-26(29)33)14-17(2)13-18-8-6-5-7-9-18/h5-11,13-15H,3-4,12,16H2,1-2H3,(H,28,30)/b17-13+,22-14+. The lowest BCUT2D eigenvalue weighted by Crippen LogP contribution is -2.36. The van der Waals surface area contributed by atoms with Crippen LogP contribution in [-0.2, 0) is 14.3 Å². The van der Waals surface area contributed by atoms with Gasteiger partial charge in [0.2, 0.25) is 5.91 Å². The Hall–Kier alpha value is -3.36. The molecule has 0 bridgehead atoms. The highest BCUT2D eigenvalue weighted by molar-refractivity contribution is 8.18. The maximum atomic E-state index is 12.7. The topological polar surface area (TPSA) is 92.8 Å².